The molecule has 4 heteroatoms. The first-order valence-electron chi connectivity index (χ1n) is 14.2. The molecular formula is C28H53N3O. The molecule has 0 aromatic carbocycles. The molecule has 0 radical (unpaired) electrons. The van der Waals surface area contributed by atoms with Gasteiger partial charge >= 0.3 is 0 Å². The molecule has 4 nitrogen and oxygen atoms in total. The van der Waals surface area contributed by atoms with Crippen LogP contribution in [0.3, 0.4) is 0 Å². The Morgan fingerprint density at radius 1 is 0.875 bits per heavy atom. The highest BCUT2D eigenvalue weighted by Crippen LogP contribution is 2.67. The van der Waals surface area contributed by atoms with Gasteiger partial charge in [0.25, 0.3) is 0 Å². The number of rotatable bonds is 10. The summed E-state index contributed by atoms with van der Waals surface area (Å²) < 4.78 is 0. The Balaban J connectivity index is 1.26. The number of nitrogens with two attached hydrogens (primary N) is 1. The monoisotopic (exact) mass is 447 g/mol. The van der Waals surface area contributed by atoms with Crippen LogP contribution in [0, 0.1) is 40.4 Å². The van der Waals surface area contributed by atoms with Crippen molar-refractivity contribution in [2.24, 2.45) is 46.2 Å². The van der Waals surface area contributed by atoms with Gasteiger partial charge in [0.1, 0.15) is 0 Å². The molecule has 4 fully saturated rings. The van der Waals surface area contributed by atoms with Crippen LogP contribution >= 0.6 is 0 Å². The van der Waals surface area contributed by atoms with Crippen molar-refractivity contribution in [2.75, 3.05) is 26.2 Å². The number of unbranched alkanes of at least 4 members (excludes halogenated alkanes) is 1. The van der Waals surface area contributed by atoms with Crippen LogP contribution in [-0.2, 0) is 0 Å². The molecule has 0 amide bonds. The van der Waals surface area contributed by atoms with E-state index in [0.717, 1.165) is 62.3 Å². The average Bonchev–Trinajstić information content (AvgIpc) is 3.13. The first-order valence-corrected chi connectivity index (χ1v) is 14.2. The molecule has 4 aliphatic carbocycles. The molecule has 32 heavy (non-hydrogen) atoms. The number of hydrogen-bond donors (Lipinski definition) is 4. The normalized spacial score (nSPS) is 44.5. The zero-order chi connectivity index (χ0) is 22.8. The molecule has 9 atom stereocenters. The Morgan fingerprint density at radius 3 is 2.41 bits per heavy atom. The van der Waals surface area contributed by atoms with E-state index in [1.54, 1.807) is 0 Å². The molecule has 0 aromatic heterocycles. The molecule has 0 saturated heterocycles. The summed E-state index contributed by atoms with van der Waals surface area (Å²) in [5.74, 6) is 4.18. The van der Waals surface area contributed by atoms with E-state index in [4.69, 9.17) is 5.73 Å². The van der Waals surface area contributed by atoms with Gasteiger partial charge in [0.2, 0.25) is 0 Å². The Morgan fingerprint density at radius 2 is 1.62 bits per heavy atom. The van der Waals surface area contributed by atoms with Gasteiger partial charge in [0, 0.05) is 6.04 Å². The highest BCUT2D eigenvalue weighted by molar-refractivity contribution is 5.10. The third-order valence-corrected chi connectivity index (χ3v) is 11.1. The van der Waals surface area contributed by atoms with Gasteiger partial charge in [-0.15, -0.1) is 0 Å². The van der Waals surface area contributed by atoms with Gasteiger partial charge in [-0.1, -0.05) is 13.8 Å². The second-order valence-corrected chi connectivity index (χ2v) is 12.7. The third kappa shape index (κ3) is 4.81. The van der Waals surface area contributed by atoms with Crippen LogP contribution in [0.5, 0.6) is 0 Å². The molecule has 4 aliphatic rings. The van der Waals surface area contributed by atoms with Crippen molar-refractivity contribution in [3.63, 3.8) is 0 Å². The van der Waals surface area contributed by atoms with Crippen LogP contribution in [0.2, 0.25) is 0 Å². The average molecular weight is 448 g/mol. The summed E-state index contributed by atoms with van der Waals surface area (Å²) in [5.41, 5.74) is 6.53. The van der Waals surface area contributed by atoms with Crippen LogP contribution in [0.4, 0.5) is 0 Å². The molecule has 0 aromatic rings. The van der Waals surface area contributed by atoms with Crippen molar-refractivity contribution in [1.82, 2.24) is 10.6 Å². The van der Waals surface area contributed by atoms with E-state index < -0.39 is 0 Å². The second-order valence-electron chi connectivity index (χ2n) is 12.7. The summed E-state index contributed by atoms with van der Waals surface area (Å²) in [6, 6.07) is 0.738. The second kappa shape index (κ2) is 10.6. The molecule has 4 rings (SSSR count). The van der Waals surface area contributed by atoms with Gasteiger partial charge in [-0.05, 0) is 151 Å². The fourth-order valence-electron chi connectivity index (χ4n) is 9.32. The van der Waals surface area contributed by atoms with E-state index in [0.29, 0.717) is 16.7 Å². The largest absolute Gasteiger partial charge is 0.393 e. The van der Waals surface area contributed by atoms with Crippen LogP contribution in [0.25, 0.3) is 0 Å². The maximum atomic E-state index is 10.5. The van der Waals surface area contributed by atoms with E-state index in [1.165, 1.54) is 70.6 Å². The maximum Gasteiger partial charge on any atom is 0.0545 e. The van der Waals surface area contributed by atoms with Crippen LogP contribution in [0.1, 0.15) is 97.8 Å². The van der Waals surface area contributed by atoms with E-state index >= 15 is 0 Å². The third-order valence-electron chi connectivity index (χ3n) is 11.1. The minimum absolute atomic E-state index is 0.129. The smallest absolute Gasteiger partial charge is 0.0545 e. The number of fused-ring (bicyclic) bond motifs is 5. The van der Waals surface area contributed by atoms with Gasteiger partial charge in [0.05, 0.1) is 6.10 Å². The highest BCUT2D eigenvalue weighted by Gasteiger charge is 2.60. The van der Waals surface area contributed by atoms with Gasteiger partial charge in [-0.3, -0.25) is 0 Å². The Kier molecular flexibility index (Phi) is 8.28. The lowest BCUT2D eigenvalue weighted by Crippen LogP contribution is -2.55. The fraction of sp³-hybridized carbons (Fsp3) is 1.00. The van der Waals surface area contributed by atoms with Gasteiger partial charge in [-0.25, -0.2) is 0 Å². The molecule has 5 N–H and O–H groups in total. The van der Waals surface area contributed by atoms with Crippen LogP contribution in [0.15, 0.2) is 0 Å². The van der Waals surface area contributed by atoms with E-state index in [2.05, 4.69) is 31.4 Å². The Labute approximate surface area is 198 Å². The summed E-state index contributed by atoms with van der Waals surface area (Å²) in [4.78, 5) is 0. The summed E-state index contributed by atoms with van der Waals surface area (Å²) in [5, 5.41) is 17.9. The first kappa shape index (κ1) is 24.9. The van der Waals surface area contributed by atoms with Gasteiger partial charge in [0.15, 0.2) is 0 Å². The van der Waals surface area contributed by atoms with E-state index in [1.807, 2.05) is 0 Å². The summed E-state index contributed by atoms with van der Waals surface area (Å²) in [7, 11) is 0. The summed E-state index contributed by atoms with van der Waals surface area (Å²) in [6.45, 7) is 11.5. The van der Waals surface area contributed by atoms with Crippen LogP contribution < -0.4 is 16.4 Å². The van der Waals surface area contributed by atoms with E-state index in [-0.39, 0.29) is 6.10 Å². The van der Waals surface area contributed by atoms with Gasteiger partial charge < -0.3 is 21.5 Å². The van der Waals surface area contributed by atoms with Crippen molar-refractivity contribution < 1.29 is 5.11 Å². The maximum absolute atomic E-state index is 10.5. The lowest BCUT2D eigenvalue weighted by Gasteiger charge is -2.61. The topological polar surface area (TPSA) is 70.3 Å². The molecule has 186 valence electrons. The van der Waals surface area contributed by atoms with Crippen molar-refractivity contribution in [2.45, 2.75) is 110 Å². The lowest BCUT2D eigenvalue weighted by molar-refractivity contribution is -0.121. The molecule has 0 bridgehead atoms. The summed E-state index contributed by atoms with van der Waals surface area (Å²) in [6.07, 6.45) is 16.0. The molecule has 0 aliphatic heterocycles. The number of aliphatic hydroxyl groups excluding tert-OH is 1. The number of hydrogen-bond acceptors (Lipinski definition) is 4. The summed E-state index contributed by atoms with van der Waals surface area (Å²) >= 11 is 0. The molecule has 4 saturated carbocycles. The highest BCUT2D eigenvalue weighted by atomic mass is 16.3. The zero-order valence-electron chi connectivity index (χ0n) is 21.4. The zero-order valence-corrected chi connectivity index (χ0v) is 21.4. The number of aliphatic hydroxyl groups is 1. The van der Waals surface area contributed by atoms with Crippen LogP contribution in [-0.4, -0.2) is 43.4 Å². The quantitative estimate of drug-likeness (QED) is 0.366. The predicted molar refractivity (Wildman–Crippen MR) is 134 cm³/mol. The van der Waals surface area contributed by atoms with Crippen molar-refractivity contribution in [3.05, 3.63) is 0 Å². The lowest BCUT2D eigenvalue weighted by atomic mass is 9.44. The van der Waals surface area contributed by atoms with E-state index in [9.17, 15) is 5.11 Å². The Hall–Kier alpha value is -0.160. The molecule has 0 heterocycles. The standard InChI is InChI=1S/C28H53N3O/c1-20(32)24-9-10-25-23-8-7-21-19-22(31-18-6-17-30-16-5-4-15-29)11-13-27(21,2)26(23)12-14-28(24,25)3/h20-26,30-32H,4-19,29H2,1-3H3/t20?,21-,22-,23?,24?,25?,26?,27-,28+/m0/s1. The first-order chi connectivity index (χ1) is 15.4. The van der Waals surface area contributed by atoms with Crippen molar-refractivity contribution in [3.8, 4) is 0 Å². The Bertz CT molecular complexity index is 597. The molecular weight excluding hydrogens is 394 g/mol. The molecule has 5 unspecified atom stereocenters. The predicted octanol–water partition coefficient (Wildman–Crippen LogP) is 4.70. The van der Waals surface area contributed by atoms with Crippen molar-refractivity contribution in [1.29, 1.82) is 0 Å². The van der Waals surface area contributed by atoms with Crippen molar-refractivity contribution >= 4 is 0 Å². The molecule has 0 spiro atoms. The van der Waals surface area contributed by atoms with Gasteiger partial charge in [-0.2, -0.15) is 0 Å². The minimum atomic E-state index is -0.129. The SMILES string of the molecule is CC(O)C1CCC2C3CC[C@H]4C[C@@H](NCCCNCCCCN)CC[C@]4(C)C3CC[C@]12C. The minimum Gasteiger partial charge on any atom is -0.393 e. The fourth-order valence-corrected chi connectivity index (χ4v) is 9.32. The number of nitrogens with one attached hydrogen (secondary N) is 2.